The summed E-state index contributed by atoms with van der Waals surface area (Å²) in [4.78, 5) is 39.6. The Balaban J connectivity index is 2.05. The summed E-state index contributed by atoms with van der Waals surface area (Å²) in [7, 11) is 3.21. The van der Waals surface area contributed by atoms with Crippen LogP contribution in [0.2, 0.25) is 0 Å². The molecule has 0 N–H and O–H groups in total. The van der Waals surface area contributed by atoms with Crippen molar-refractivity contribution in [2.45, 2.75) is 6.92 Å². The van der Waals surface area contributed by atoms with Gasteiger partial charge in [-0.15, -0.1) is 0 Å². The Kier molecular flexibility index (Phi) is 4.64. The summed E-state index contributed by atoms with van der Waals surface area (Å²) in [6, 6.07) is 2.64. The second-order valence-corrected chi connectivity index (χ2v) is 6.28. The van der Waals surface area contributed by atoms with Crippen LogP contribution in [0, 0.1) is 17.0 Å². The smallest absolute Gasteiger partial charge is 0.358 e. The Morgan fingerprint density at radius 2 is 1.92 bits per heavy atom. The number of nitro groups is 1. The fourth-order valence-electron chi connectivity index (χ4n) is 3.06. The van der Waals surface area contributed by atoms with Crippen LogP contribution in [0.4, 0.5) is 5.69 Å². The molecule has 26 heavy (non-hydrogen) atoms. The summed E-state index contributed by atoms with van der Waals surface area (Å²) in [5, 5.41) is 11.1. The molecule has 1 aromatic carbocycles. The number of piperazine rings is 1. The third-order valence-electron chi connectivity index (χ3n) is 4.57. The van der Waals surface area contributed by atoms with E-state index in [1.165, 1.54) is 19.2 Å². The van der Waals surface area contributed by atoms with Crippen LogP contribution in [0.25, 0.3) is 0 Å². The highest BCUT2D eigenvalue weighted by molar-refractivity contribution is 6.15. The number of ketones is 1. The van der Waals surface area contributed by atoms with Crippen LogP contribution in [-0.2, 0) is 9.53 Å². The highest BCUT2D eigenvalue weighted by atomic mass is 16.6. The van der Waals surface area contributed by atoms with E-state index in [1.54, 1.807) is 11.8 Å². The average molecular weight is 361 g/mol. The minimum Gasteiger partial charge on any atom is -0.464 e. The molecule has 0 spiro atoms. The number of fused-ring (bicyclic) bond motifs is 1. The quantitative estimate of drug-likeness (QED) is 0.341. The Labute approximate surface area is 149 Å². The summed E-state index contributed by atoms with van der Waals surface area (Å²) in [5.41, 5.74) is 0.345. The normalized spacial score (nSPS) is 19.0. The Hall–Kier alpha value is -2.94. The van der Waals surface area contributed by atoms with Crippen molar-refractivity contribution in [2.24, 2.45) is 0 Å². The number of methoxy groups -OCH3 is 1. The van der Waals surface area contributed by atoms with Gasteiger partial charge >= 0.3 is 5.97 Å². The fourth-order valence-corrected chi connectivity index (χ4v) is 3.06. The monoisotopic (exact) mass is 361 g/mol. The van der Waals surface area contributed by atoms with Gasteiger partial charge in [0.1, 0.15) is 5.75 Å². The minimum atomic E-state index is -0.670. The Bertz CT molecular complexity index is 824. The number of rotatable bonds is 3. The number of esters is 1. The molecule has 2 aliphatic heterocycles. The van der Waals surface area contributed by atoms with E-state index in [4.69, 9.17) is 9.47 Å². The number of hydrogen-bond donors (Lipinski definition) is 0. The molecule has 0 aromatic heterocycles. The highest BCUT2D eigenvalue weighted by Gasteiger charge is 2.38. The van der Waals surface area contributed by atoms with E-state index in [2.05, 4.69) is 4.90 Å². The van der Waals surface area contributed by atoms with E-state index in [9.17, 15) is 19.7 Å². The maximum Gasteiger partial charge on any atom is 0.358 e. The SMILES string of the molecule is COC(=O)C(=C1Oc2cc(C)c([N+](=O)[O-])cc2C1=O)N1CCN(C)CC1. The number of hydrogen-bond acceptors (Lipinski definition) is 8. The van der Waals surface area contributed by atoms with Gasteiger partial charge < -0.3 is 19.3 Å². The molecule has 0 radical (unpaired) electrons. The number of Topliss-reactive ketones (excluding diaryl/α,β-unsaturated/α-hetero) is 1. The molecule has 138 valence electrons. The first-order valence-corrected chi connectivity index (χ1v) is 8.11. The van der Waals surface area contributed by atoms with Crippen molar-refractivity contribution in [2.75, 3.05) is 40.3 Å². The second-order valence-electron chi connectivity index (χ2n) is 6.28. The first kappa shape index (κ1) is 17.9. The molecule has 1 saturated heterocycles. The molecule has 9 heteroatoms. The molecule has 1 fully saturated rings. The number of nitro benzene ring substituents is 1. The molecule has 9 nitrogen and oxygen atoms in total. The summed E-state index contributed by atoms with van der Waals surface area (Å²) < 4.78 is 10.5. The van der Waals surface area contributed by atoms with E-state index in [0.717, 1.165) is 13.1 Å². The fraction of sp³-hybridized carbons (Fsp3) is 0.412. The van der Waals surface area contributed by atoms with Crippen molar-refractivity contribution in [3.8, 4) is 5.75 Å². The molecule has 0 saturated carbocycles. The van der Waals surface area contributed by atoms with Crippen molar-refractivity contribution in [3.05, 3.63) is 44.8 Å². The van der Waals surface area contributed by atoms with Gasteiger partial charge in [0.2, 0.25) is 11.5 Å². The first-order valence-electron chi connectivity index (χ1n) is 8.11. The van der Waals surface area contributed by atoms with Crippen molar-refractivity contribution in [3.63, 3.8) is 0 Å². The van der Waals surface area contributed by atoms with Crippen molar-refractivity contribution >= 4 is 17.4 Å². The lowest BCUT2D eigenvalue weighted by Gasteiger charge is -2.34. The zero-order valence-electron chi connectivity index (χ0n) is 14.8. The number of nitrogens with zero attached hydrogens (tertiary/aromatic N) is 3. The van der Waals surface area contributed by atoms with Crippen LogP contribution in [0.3, 0.4) is 0 Å². The van der Waals surface area contributed by atoms with E-state index >= 15 is 0 Å². The molecule has 0 aliphatic carbocycles. The standard InChI is InChI=1S/C17H19N3O6/c1-10-8-13-11(9-12(10)20(23)24)15(21)16(26-13)14(17(22)25-3)19-6-4-18(2)5-7-19/h8-9H,4-7H2,1-3H3. The molecule has 0 amide bonds. The van der Waals surface area contributed by atoms with Gasteiger partial charge in [-0.1, -0.05) is 0 Å². The highest BCUT2D eigenvalue weighted by Crippen LogP contribution is 2.37. The van der Waals surface area contributed by atoms with E-state index in [-0.39, 0.29) is 28.5 Å². The lowest BCUT2D eigenvalue weighted by molar-refractivity contribution is -0.385. The maximum absolute atomic E-state index is 12.8. The number of aryl methyl sites for hydroxylation is 1. The summed E-state index contributed by atoms with van der Waals surface area (Å²) in [5.74, 6) is -1.15. The van der Waals surface area contributed by atoms with Crippen LogP contribution in [-0.4, -0.2) is 66.8 Å². The summed E-state index contributed by atoms with van der Waals surface area (Å²) >= 11 is 0. The van der Waals surface area contributed by atoms with E-state index in [1.807, 2.05) is 7.05 Å². The number of ether oxygens (including phenoxy) is 2. The number of carbonyl (C=O) groups is 2. The third kappa shape index (κ3) is 3.01. The van der Waals surface area contributed by atoms with Gasteiger partial charge in [0, 0.05) is 37.8 Å². The lowest BCUT2D eigenvalue weighted by Crippen LogP contribution is -2.46. The Morgan fingerprint density at radius 3 is 2.50 bits per heavy atom. The van der Waals surface area contributed by atoms with Crippen LogP contribution in [0.1, 0.15) is 15.9 Å². The van der Waals surface area contributed by atoms with Crippen molar-refractivity contribution in [1.82, 2.24) is 9.80 Å². The number of likely N-dealkylation sites (N-methyl/N-ethyl adjacent to an activating group) is 1. The topological polar surface area (TPSA) is 102 Å². The zero-order valence-corrected chi connectivity index (χ0v) is 14.8. The third-order valence-corrected chi connectivity index (χ3v) is 4.57. The maximum atomic E-state index is 12.8. The van der Waals surface area contributed by atoms with Gasteiger partial charge in [0.05, 0.1) is 17.6 Å². The molecular formula is C17H19N3O6. The van der Waals surface area contributed by atoms with E-state index in [0.29, 0.717) is 18.7 Å². The first-order chi connectivity index (χ1) is 12.3. The van der Waals surface area contributed by atoms with Gasteiger partial charge in [0.15, 0.2) is 5.70 Å². The predicted molar refractivity (Wildman–Crippen MR) is 90.9 cm³/mol. The number of benzene rings is 1. The number of carbonyl (C=O) groups excluding carboxylic acids is 2. The molecule has 3 rings (SSSR count). The number of allylic oxidation sites excluding steroid dienone is 1. The largest absolute Gasteiger partial charge is 0.464 e. The van der Waals surface area contributed by atoms with Crippen LogP contribution in [0.15, 0.2) is 23.6 Å². The van der Waals surface area contributed by atoms with Crippen LogP contribution < -0.4 is 4.74 Å². The van der Waals surface area contributed by atoms with Gasteiger partial charge in [-0.25, -0.2) is 4.79 Å². The molecular weight excluding hydrogens is 342 g/mol. The molecule has 2 heterocycles. The molecule has 2 aliphatic rings. The summed E-state index contributed by atoms with van der Waals surface area (Å²) in [6.07, 6.45) is 0. The van der Waals surface area contributed by atoms with Gasteiger partial charge in [0.25, 0.3) is 5.69 Å². The van der Waals surface area contributed by atoms with Gasteiger partial charge in [-0.3, -0.25) is 14.9 Å². The molecule has 0 bridgehead atoms. The van der Waals surface area contributed by atoms with Crippen molar-refractivity contribution < 1.29 is 24.0 Å². The average Bonchev–Trinajstić information content (AvgIpc) is 2.91. The van der Waals surface area contributed by atoms with Gasteiger partial charge in [-0.2, -0.15) is 0 Å². The van der Waals surface area contributed by atoms with Crippen LogP contribution in [0.5, 0.6) is 5.75 Å². The Morgan fingerprint density at radius 1 is 1.27 bits per heavy atom. The van der Waals surface area contributed by atoms with E-state index < -0.39 is 16.7 Å². The predicted octanol–water partition coefficient (Wildman–Crippen LogP) is 1.11. The van der Waals surface area contributed by atoms with Crippen LogP contribution >= 0.6 is 0 Å². The lowest BCUT2D eigenvalue weighted by atomic mass is 10.1. The molecule has 0 unspecified atom stereocenters. The van der Waals surface area contributed by atoms with Gasteiger partial charge in [-0.05, 0) is 20.0 Å². The summed E-state index contributed by atoms with van der Waals surface area (Å²) in [6.45, 7) is 4.09. The molecule has 1 aromatic rings. The van der Waals surface area contributed by atoms with Crippen molar-refractivity contribution in [1.29, 1.82) is 0 Å². The molecule has 0 atom stereocenters. The second kappa shape index (κ2) is 6.75. The zero-order chi connectivity index (χ0) is 19.0. The minimum absolute atomic E-state index is 0.0575.